The molecule has 0 saturated heterocycles. The van der Waals surface area contributed by atoms with Crippen LogP contribution in [0.15, 0.2) is 42.6 Å². The number of nitrogens with zero attached hydrogens (tertiary/aromatic N) is 5. The van der Waals surface area contributed by atoms with Crippen LogP contribution in [0.25, 0.3) is 28.0 Å². The van der Waals surface area contributed by atoms with Crippen molar-refractivity contribution in [2.45, 2.75) is 6.92 Å². The van der Waals surface area contributed by atoms with Crippen molar-refractivity contribution < 1.29 is 4.74 Å². The molecule has 3 aromatic heterocycles. The van der Waals surface area contributed by atoms with Crippen molar-refractivity contribution in [2.75, 3.05) is 18.6 Å². The summed E-state index contributed by atoms with van der Waals surface area (Å²) in [7, 11) is 1.56. The summed E-state index contributed by atoms with van der Waals surface area (Å²) in [5, 5.41) is 0. The van der Waals surface area contributed by atoms with Gasteiger partial charge in [0.15, 0.2) is 5.82 Å². The van der Waals surface area contributed by atoms with Crippen molar-refractivity contribution in [3.63, 3.8) is 0 Å². The molecule has 0 aliphatic heterocycles. The monoisotopic (exact) mass is 347 g/mol. The molecule has 0 aliphatic rings. The van der Waals surface area contributed by atoms with Gasteiger partial charge in [-0.15, -0.1) is 0 Å². The first kappa shape index (κ1) is 15.8. The molecular formula is C18H17N7O. The minimum atomic E-state index is 0.0971. The van der Waals surface area contributed by atoms with Crippen LogP contribution in [0, 0.1) is 6.92 Å². The second-order valence-corrected chi connectivity index (χ2v) is 5.74. The molecule has 130 valence electrons. The van der Waals surface area contributed by atoms with Crippen LogP contribution in [0.4, 0.5) is 11.8 Å². The first-order valence-electron chi connectivity index (χ1n) is 7.96. The molecule has 8 heteroatoms. The summed E-state index contributed by atoms with van der Waals surface area (Å²) >= 11 is 0. The maximum absolute atomic E-state index is 6.20. The number of anilines is 2. The lowest BCUT2D eigenvalue weighted by atomic mass is 10.1. The number of aryl methyl sites for hydroxylation is 1. The van der Waals surface area contributed by atoms with Gasteiger partial charge in [-0.05, 0) is 25.1 Å². The van der Waals surface area contributed by atoms with E-state index in [1.807, 2.05) is 41.8 Å². The van der Waals surface area contributed by atoms with Crippen LogP contribution in [-0.2, 0) is 0 Å². The molecular weight excluding hydrogens is 330 g/mol. The third-order valence-electron chi connectivity index (χ3n) is 4.11. The lowest BCUT2D eigenvalue weighted by molar-refractivity contribution is 0.398. The summed E-state index contributed by atoms with van der Waals surface area (Å²) in [5.74, 6) is 2.21. The summed E-state index contributed by atoms with van der Waals surface area (Å²) in [6.07, 6.45) is 1.67. The van der Waals surface area contributed by atoms with E-state index in [1.54, 1.807) is 19.4 Å². The van der Waals surface area contributed by atoms with Gasteiger partial charge in [-0.3, -0.25) is 4.57 Å². The van der Waals surface area contributed by atoms with E-state index in [4.69, 9.17) is 16.2 Å². The molecule has 0 amide bonds. The van der Waals surface area contributed by atoms with Gasteiger partial charge in [0.2, 0.25) is 11.8 Å². The third-order valence-corrected chi connectivity index (χ3v) is 4.11. The normalized spacial score (nSPS) is 11.0. The maximum atomic E-state index is 6.20. The molecule has 4 N–H and O–H groups in total. The van der Waals surface area contributed by atoms with Gasteiger partial charge in [0.05, 0.1) is 23.7 Å². The summed E-state index contributed by atoms with van der Waals surface area (Å²) < 4.78 is 7.04. The molecule has 26 heavy (non-hydrogen) atoms. The number of imidazole rings is 1. The Kier molecular flexibility index (Phi) is 3.65. The third kappa shape index (κ3) is 2.48. The Bertz CT molecular complexity index is 1100. The highest BCUT2D eigenvalue weighted by atomic mass is 16.5. The number of aromatic nitrogens is 5. The van der Waals surface area contributed by atoms with Crippen molar-refractivity contribution in [1.29, 1.82) is 0 Å². The van der Waals surface area contributed by atoms with Crippen molar-refractivity contribution in [3.8, 4) is 22.8 Å². The number of rotatable bonds is 3. The van der Waals surface area contributed by atoms with Gasteiger partial charge in [-0.2, -0.15) is 9.97 Å². The van der Waals surface area contributed by atoms with Gasteiger partial charge >= 0.3 is 0 Å². The summed E-state index contributed by atoms with van der Waals surface area (Å²) in [6, 6.07) is 11.4. The topological polar surface area (TPSA) is 118 Å². The zero-order valence-corrected chi connectivity index (χ0v) is 14.3. The standard InChI is InChI=1S/C18H17N7O/c1-10-22-12-5-3-4-6-13(12)25(10)17-15(16(19)23-18(20)24-17)11-7-8-14(26-2)21-9-11/h3-9H,1-2H3,(H4,19,20,23,24). The second kappa shape index (κ2) is 5.99. The van der Waals surface area contributed by atoms with E-state index in [-0.39, 0.29) is 11.8 Å². The smallest absolute Gasteiger partial charge is 0.224 e. The lowest BCUT2D eigenvalue weighted by Gasteiger charge is -2.14. The van der Waals surface area contributed by atoms with Crippen LogP contribution in [-0.4, -0.2) is 31.6 Å². The van der Waals surface area contributed by atoms with Crippen molar-refractivity contribution in [2.24, 2.45) is 0 Å². The summed E-state index contributed by atoms with van der Waals surface area (Å²) in [4.78, 5) is 17.4. The molecule has 8 nitrogen and oxygen atoms in total. The van der Waals surface area contributed by atoms with E-state index in [0.29, 0.717) is 17.3 Å². The lowest BCUT2D eigenvalue weighted by Crippen LogP contribution is -2.10. The Balaban J connectivity index is 2.03. The quantitative estimate of drug-likeness (QED) is 0.584. The fourth-order valence-electron chi connectivity index (χ4n) is 2.98. The molecule has 4 aromatic rings. The van der Waals surface area contributed by atoms with Crippen LogP contribution in [0.1, 0.15) is 5.82 Å². The van der Waals surface area contributed by atoms with Crippen LogP contribution in [0.5, 0.6) is 5.88 Å². The van der Waals surface area contributed by atoms with E-state index < -0.39 is 0 Å². The number of fused-ring (bicyclic) bond motifs is 1. The zero-order chi connectivity index (χ0) is 18.3. The number of pyridine rings is 1. The van der Waals surface area contributed by atoms with E-state index >= 15 is 0 Å². The molecule has 0 bridgehead atoms. The van der Waals surface area contributed by atoms with Gasteiger partial charge in [0.1, 0.15) is 11.6 Å². The molecule has 0 saturated carbocycles. The second-order valence-electron chi connectivity index (χ2n) is 5.74. The van der Waals surface area contributed by atoms with Gasteiger partial charge in [-0.1, -0.05) is 12.1 Å². The highest BCUT2D eigenvalue weighted by molar-refractivity contribution is 5.85. The number of para-hydroxylation sites is 2. The molecule has 0 radical (unpaired) electrons. The average Bonchev–Trinajstić information content (AvgIpc) is 2.97. The Morgan fingerprint density at radius 1 is 1.00 bits per heavy atom. The first-order valence-corrected chi connectivity index (χ1v) is 7.96. The largest absolute Gasteiger partial charge is 0.481 e. The molecule has 0 atom stereocenters. The van der Waals surface area contributed by atoms with Crippen molar-refractivity contribution >= 4 is 22.8 Å². The summed E-state index contributed by atoms with van der Waals surface area (Å²) in [6.45, 7) is 1.91. The first-order chi connectivity index (χ1) is 12.6. The number of hydrogen-bond acceptors (Lipinski definition) is 7. The minimum absolute atomic E-state index is 0.0971. The molecule has 3 heterocycles. The number of hydrogen-bond donors (Lipinski definition) is 2. The number of nitrogens with two attached hydrogens (primary N) is 2. The van der Waals surface area contributed by atoms with Crippen LogP contribution in [0.2, 0.25) is 0 Å². The van der Waals surface area contributed by atoms with Crippen LogP contribution < -0.4 is 16.2 Å². The number of benzene rings is 1. The molecule has 4 rings (SSSR count). The van der Waals surface area contributed by atoms with Gasteiger partial charge in [0, 0.05) is 17.8 Å². The SMILES string of the molecule is COc1ccc(-c2c(N)nc(N)nc2-n2c(C)nc3ccccc32)cn1. The van der Waals surface area contributed by atoms with Crippen LogP contribution in [0.3, 0.4) is 0 Å². The predicted octanol–water partition coefficient (Wildman–Crippen LogP) is 2.36. The van der Waals surface area contributed by atoms with E-state index in [9.17, 15) is 0 Å². The molecule has 1 aromatic carbocycles. The average molecular weight is 347 g/mol. The molecule has 0 unspecified atom stereocenters. The van der Waals surface area contributed by atoms with Crippen molar-refractivity contribution in [1.82, 2.24) is 24.5 Å². The molecule has 0 aliphatic carbocycles. The summed E-state index contributed by atoms with van der Waals surface area (Å²) in [5.41, 5.74) is 15.2. The van der Waals surface area contributed by atoms with Crippen LogP contribution >= 0.6 is 0 Å². The fourth-order valence-corrected chi connectivity index (χ4v) is 2.98. The van der Waals surface area contributed by atoms with E-state index in [0.717, 1.165) is 22.4 Å². The molecule has 0 fully saturated rings. The number of methoxy groups -OCH3 is 1. The molecule has 0 spiro atoms. The number of nitrogen functional groups attached to an aromatic ring is 2. The predicted molar refractivity (Wildman–Crippen MR) is 100 cm³/mol. The number of ether oxygens (including phenoxy) is 1. The Labute approximate surface area is 149 Å². The minimum Gasteiger partial charge on any atom is -0.481 e. The van der Waals surface area contributed by atoms with Crippen molar-refractivity contribution in [3.05, 3.63) is 48.4 Å². The van der Waals surface area contributed by atoms with Gasteiger partial charge in [-0.25, -0.2) is 9.97 Å². The zero-order valence-electron chi connectivity index (χ0n) is 14.3. The van der Waals surface area contributed by atoms with Gasteiger partial charge < -0.3 is 16.2 Å². The van der Waals surface area contributed by atoms with E-state index in [2.05, 4.69) is 19.9 Å². The maximum Gasteiger partial charge on any atom is 0.224 e. The highest BCUT2D eigenvalue weighted by Gasteiger charge is 2.19. The Hall–Kier alpha value is -3.68. The Morgan fingerprint density at radius 2 is 1.81 bits per heavy atom. The Morgan fingerprint density at radius 3 is 2.54 bits per heavy atom. The highest BCUT2D eigenvalue weighted by Crippen LogP contribution is 2.33. The van der Waals surface area contributed by atoms with E-state index in [1.165, 1.54) is 0 Å². The van der Waals surface area contributed by atoms with Gasteiger partial charge in [0.25, 0.3) is 0 Å². The fraction of sp³-hybridized carbons (Fsp3) is 0.111.